The van der Waals surface area contributed by atoms with Gasteiger partial charge in [-0.3, -0.25) is 0 Å². The van der Waals surface area contributed by atoms with Crippen LogP contribution in [0, 0.1) is 5.41 Å². The Morgan fingerprint density at radius 2 is 1.56 bits per heavy atom. The normalized spacial score (nSPS) is 12.8. The molecule has 0 aliphatic rings. The summed E-state index contributed by atoms with van der Waals surface area (Å²) < 4.78 is 45.0. The van der Waals surface area contributed by atoms with Crippen LogP contribution in [0.1, 0.15) is 52.2 Å². The molecule has 4 rings (SSSR count). The summed E-state index contributed by atoms with van der Waals surface area (Å²) in [6.07, 6.45) is -3.64. The molecule has 0 radical (unpaired) electrons. The topological polar surface area (TPSA) is 60.2 Å². The van der Waals surface area contributed by atoms with Crippen molar-refractivity contribution in [3.8, 4) is 28.3 Å². The van der Waals surface area contributed by atoms with E-state index in [2.05, 4.69) is 44.8 Å². The molecule has 0 bridgehead atoms. The Morgan fingerprint density at radius 3 is 2.19 bits per heavy atom. The van der Waals surface area contributed by atoms with Gasteiger partial charge in [-0.1, -0.05) is 46.8 Å². The van der Waals surface area contributed by atoms with Crippen molar-refractivity contribution in [1.29, 1.82) is 0 Å². The van der Waals surface area contributed by atoms with Gasteiger partial charge in [0.1, 0.15) is 22.5 Å². The van der Waals surface area contributed by atoms with E-state index in [-0.39, 0.29) is 27.8 Å². The highest BCUT2D eigenvalue weighted by molar-refractivity contribution is 5.78. The number of fused-ring (bicyclic) bond motifs is 1. The Kier molecular flexibility index (Phi) is 6.27. The van der Waals surface area contributed by atoms with Gasteiger partial charge in [0.05, 0.1) is 12.7 Å². The van der Waals surface area contributed by atoms with Gasteiger partial charge in [-0.25, -0.2) is 0 Å². The molecule has 0 atom stereocenters. The molecule has 36 heavy (non-hydrogen) atoms. The molecule has 1 N–H and O–H groups in total. The van der Waals surface area contributed by atoms with Crippen LogP contribution in [0.15, 0.2) is 54.6 Å². The van der Waals surface area contributed by atoms with Gasteiger partial charge in [0, 0.05) is 5.56 Å². The van der Waals surface area contributed by atoms with Crippen molar-refractivity contribution in [1.82, 2.24) is 15.0 Å². The van der Waals surface area contributed by atoms with E-state index in [1.165, 1.54) is 10.9 Å². The molecule has 0 saturated carbocycles. The fraction of sp³-hybridized carbons (Fsp3) is 0.357. The molecule has 0 saturated heterocycles. The van der Waals surface area contributed by atoms with Crippen molar-refractivity contribution in [2.75, 3.05) is 7.11 Å². The molecule has 3 aromatic carbocycles. The van der Waals surface area contributed by atoms with E-state index in [1.54, 1.807) is 7.11 Å². The number of alkyl halides is 3. The van der Waals surface area contributed by atoms with E-state index in [4.69, 9.17) is 4.74 Å². The van der Waals surface area contributed by atoms with Crippen molar-refractivity contribution < 1.29 is 23.0 Å². The quantitative estimate of drug-likeness (QED) is 0.310. The van der Waals surface area contributed by atoms with Crippen molar-refractivity contribution in [3.05, 3.63) is 65.7 Å². The first-order chi connectivity index (χ1) is 16.7. The largest absolute Gasteiger partial charge is 0.505 e. The Labute approximate surface area is 208 Å². The minimum atomic E-state index is -4.49. The minimum Gasteiger partial charge on any atom is -0.505 e. The number of benzene rings is 3. The van der Waals surface area contributed by atoms with Crippen LogP contribution in [0.25, 0.3) is 27.8 Å². The third-order valence-corrected chi connectivity index (χ3v) is 6.15. The van der Waals surface area contributed by atoms with E-state index in [9.17, 15) is 18.3 Å². The number of phenolic OH excluding ortho intramolecular Hbond substituents is 1. The Bertz CT molecular complexity index is 1420. The molecule has 1 heterocycles. The lowest BCUT2D eigenvalue weighted by atomic mass is 9.72. The average Bonchev–Trinajstić information content (AvgIpc) is 3.20. The number of nitrogens with zero attached hydrogens (tertiary/aromatic N) is 3. The third-order valence-electron chi connectivity index (χ3n) is 6.15. The molecule has 190 valence electrons. The standard InChI is InChI=1S/C28H30F3N3O2/c1-26(2,3)16-27(4,5)19-13-21(17-8-7-9-20(12-17)36-6)25(35)24(15-19)34-32-22-11-10-18(28(29,30)31)14-23(22)33-34/h7-15,35H,16H2,1-6H3. The summed E-state index contributed by atoms with van der Waals surface area (Å²) in [5.74, 6) is 0.561. The molecule has 0 fully saturated rings. The fourth-order valence-corrected chi connectivity index (χ4v) is 4.80. The second-order valence-corrected chi connectivity index (χ2v) is 10.9. The lowest BCUT2D eigenvalue weighted by molar-refractivity contribution is -0.137. The van der Waals surface area contributed by atoms with Crippen LogP contribution in [0.4, 0.5) is 13.2 Å². The summed E-state index contributed by atoms with van der Waals surface area (Å²) in [4.78, 5) is 1.21. The fourth-order valence-electron chi connectivity index (χ4n) is 4.80. The maximum absolute atomic E-state index is 13.2. The van der Waals surface area contributed by atoms with Gasteiger partial charge in [0.25, 0.3) is 0 Å². The van der Waals surface area contributed by atoms with Crippen molar-refractivity contribution in [3.63, 3.8) is 0 Å². The average molecular weight is 498 g/mol. The van der Waals surface area contributed by atoms with E-state index >= 15 is 0 Å². The van der Waals surface area contributed by atoms with Gasteiger partial charge in [0.15, 0.2) is 5.75 Å². The Morgan fingerprint density at radius 1 is 0.861 bits per heavy atom. The smallest absolute Gasteiger partial charge is 0.416 e. The number of phenols is 1. The number of rotatable bonds is 5. The maximum Gasteiger partial charge on any atom is 0.416 e. The van der Waals surface area contributed by atoms with Gasteiger partial charge in [-0.2, -0.15) is 13.2 Å². The predicted octanol–water partition coefficient (Wildman–Crippen LogP) is 7.53. The van der Waals surface area contributed by atoms with E-state index in [0.717, 1.165) is 29.7 Å². The molecule has 0 spiro atoms. The van der Waals surface area contributed by atoms with Crippen molar-refractivity contribution in [2.24, 2.45) is 5.41 Å². The molecular weight excluding hydrogens is 467 g/mol. The van der Waals surface area contributed by atoms with Crippen LogP contribution in [0.2, 0.25) is 0 Å². The highest BCUT2D eigenvalue weighted by Gasteiger charge is 2.32. The number of methoxy groups -OCH3 is 1. The second kappa shape index (κ2) is 8.84. The molecule has 5 nitrogen and oxygen atoms in total. The number of ether oxygens (including phenoxy) is 1. The maximum atomic E-state index is 13.2. The Hall–Kier alpha value is -3.55. The zero-order valence-electron chi connectivity index (χ0n) is 21.2. The Balaban J connectivity index is 1.95. The predicted molar refractivity (Wildman–Crippen MR) is 135 cm³/mol. The molecule has 0 aliphatic carbocycles. The summed E-state index contributed by atoms with van der Waals surface area (Å²) in [7, 11) is 1.57. The minimum absolute atomic E-state index is 0.0320. The van der Waals surface area contributed by atoms with Crippen LogP contribution < -0.4 is 4.74 Å². The van der Waals surface area contributed by atoms with Crippen LogP contribution in [-0.4, -0.2) is 27.2 Å². The van der Waals surface area contributed by atoms with Gasteiger partial charge in [-0.15, -0.1) is 15.0 Å². The molecule has 4 aromatic rings. The van der Waals surface area contributed by atoms with Crippen molar-refractivity contribution in [2.45, 2.75) is 52.6 Å². The van der Waals surface area contributed by atoms with Gasteiger partial charge in [0.2, 0.25) is 0 Å². The molecular formula is C28H30F3N3O2. The van der Waals surface area contributed by atoms with E-state index < -0.39 is 11.7 Å². The second-order valence-electron chi connectivity index (χ2n) is 10.9. The van der Waals surface area contributed by atoms with Crippen LogP contribution >= 0.6 is 0 Å². The van der Waals surface area contributed by atoms with Crippen molar-refractivity contribution >= 4 is 11.0 Å². The number of aromatic hydroxyl groups is 1. The lowest BCUT2D eigenvalue weighted by Crippen LogP contribution is -2.25. The monoisotopic (exact) mass is 497 g/mol. The summed E-state index contributed by atoms with van der Waals surface area (Å²) in [5, 5.41) is 20.1. The van der Waals surface area contributed by atoms with E-state index in [1.807, 2.05) is 36.4 Å². The van der Waals surface area contributed by atoms with Crippen LogP contribution in [0.3, 0.4) is 0 Å². The first kappa shape index (κ1) is 25.5. The highest BCUT2D eigenvalue weighted by Crippen LogP contribution is 2.43. The molecule has 0 unspecified atom stereocenters. The van der Waals surface area contributed by atoms with Crippen LogP contribution in [0.5, 0.6) is 11.5 Å². The molecule has 1 aromatic heterocycles. The highest BCUT2D eigenvalue weighted by atomic mass is 19.4. The van der Waals surface area contributed by atoms with Gasteiger partial charge in [-0.05, 0) is 70.8 Å². The summed E-state index contributed by atoms with van der Waals surface area (Å²) in [5.41, 5.74) is 1.85. The lowest BCUT2D eigenvalue weighted by Gasteiger charge is -2.33. The first-order valence-corrected chi connectivity index (χ1v) is 11.6. The zero-order valence-corrected chi connectivity index (χ0v) is 21.2. The summed E-state index contributed by atoms with van der Waals surface area (Å²) in [6, 6.07) is 14.3. The summed E-state index contributed by atoms with van der Waals surface area (Å²) in [6.45, 7) is 10.8. The van der Waals surface area contributed by atoms with Crippen LogP contribution in [-0.2, 0) is 11.6 Å². The number of aromatic nitrogens is 3. The van der Waals surface area contributed by atoms with Gasteiger partial charge < -0.3 is 9.84 Å². The molecule has 8 heteroatoms. The third kappa shape index (κ3) is 5.17. The zero-order chi connectivity index (χ0) is 26.5. The number of hydrogen-bond acceptors (Lipinski definition) is 4. The van der Waals surface area contributed by atoms with E-state index in [0.29, 0.717) is 16.8 Å². The number of hydrogen-bond donors (Lipinski definition) is 1. The molecule has 0 amide bonds. The summed E-state index contributed by atoms with van der Waals surface area (Å²) >= 11 is 0. The van der Waals surface area contributed by atoms with Gasteiger partial charge >= 0.3 is 6.18 Å². The number of halogens is 3. The SMILES string of the molecule is COc1cccc(-c2cc(C(C)(C)CC(C)(C)C)cc(-n3nc4ccc(C(F)(F)F)cc4n3)c2O)c1. The first-order valence-electron chi connectivity index (χ1n) is 11.6. The molecule has 0 aliphatic heterocycles.